The number of hydrogen-bond donors (Lipinski definition) is 0. The summed E-state index contributed by atoms with van der Waals surface area (Å²) in [6.07, 6.45) is 8.97. The molecule has 0 bridgehead atoms. The van der Waals surface area contributed by atoms with Crippen LogP contribution in [0.4, 0.5) is 5.82 Å². The van der Waals surface area contributed by atoms with Gasteiger partial charge < -0.3 is 4.90 Å². The lowest BCUT2D eigenvalue weighted by molar-refractivity contribution is 0.314. The molecule has 2 fully saturated rings. The maximum atomic E-state index is 11.8. The van der Waals surface area contributed by atoms with Crippen LogP contribution >= 0.6 is 0 Å². The van der Waals surface area contributed by atoms with Gasteiger partial charge in [0, 0.05) is 44.5 Å². The van der Waals surface area contributed by atoms with Gasteiger partial charge in [-0.3, -0.25) is 4.98 Å². The zero-order chi connectivity index (χ0) is 14.9. The molecule has 3 rings (SSSR count). The van der Waals surface area contributed by atoms with Crippen molar-refractivity contribution < 1.29 is 8.42 Å². The van der Waals surface area contributed by atoms with Gasteiger partial charge in [0.1, 0.15) is 0 Å². The lowest BCUT2D eigenvalue weighted by Crippen LogP contribution is -2.39. The van der Waals surface area contributed by atoms with E-state index in [0.717, 1.165) is 37.4 Å². The fourth-order valence-electron chi connectivity index (χ4n) is 3.27. The van der Waals surface area contributed by atoms with E-state index in [0.29, 0.717) is 13.1 Å². The van der Waals surface area contributed by atoms with Crippen LogP contribution in [0.1, 0.15) is 37.3 Å². The molecule has 7 heteroatoms. The van der Waals surface area contributed by atoms with Crippen LogP contribution in [-0.2, 0) is 10.0 Å². The Kier molecular flexibility index (Phi) is 4.12. The first-order chi connectivity index (χ1) is 10.1. The van der Waals surface area contributed by atoms with Gasteiger partial charge in [-0.15, -0.1) is 0 Å². The van der Waals surface area contributed by atoms with Gasteiger partial charge in [-0.25, -0.2) is 17.7 Å². The van der Waals surface area contributed by atoms with Crippen LogP contribution in [0.5, 0.6) is 0 Å². The largest absolute Gasteiger partial charge is 0.355 e. The summed E-state index contributed by atoms with van der Waals surface area (Å²) >= 11 is 0. The Morgan fingerprint density at radius 1 is 1.10 bits per heavy atom. The van der Waals surface area contributed by atoms with Gasteiger partial charge in [0.25, 0.3) is 0 Å². The molecule has 6 nitrogen and oxygen atoms in total. The topological polar surface area (TPSA) is 66.4 Å². The lowest BCUT2D eigenvalue weighted by atomic mass is 9.95. The van der Waals surface area contributed by atoms with Crippen LogP contribution < -0.4 is 4.90 Å². The molecule has 1 atom stereocenters. The van der Waals surface area contributed by atoms with Gasteiger partial charge in [-0.1, -0.05) is 0 Å². The normalized spacial score (nSPS) is 24.4. The van der Waals surface area contributed by atoms with Gasteiger partial charge in [0.05, 0.1) is 11.9 Å². The average Bonchev–Trinajstić information content (AvgIpc) is 3.01. The smallest absolute Gasteiger partial charge is 0.211 e. The fourth-order valence-corrected chi connectivity index (χ4v) is 4.18. The highest BCUT2D eigenvalue weighted by Crippen LogP contribution is 2.32. The molecule has 3 heterocycles. The summed E-state index contributed by atoms with van der Waals surface area (Å²) in [7, 11) is -3.13. The molecule has 21 heavy (non-hydrogen) atoms. The Labute approximate surface area is 126 Å². The van der Waals surface area contributed by atoms with Crippen molar-refractivity contribution in [2.75, 3.05) is 37.3 Å². The van der Waals surface area contributed by atoms with E-state index in [9.17, 15) is 8.42 Å². The third kappa shape index (κ3) is 3.18. The second-order valence-electron chi connectivity index (χ2n) is 5.92. The second-order valence-corrected chi connectivity index (χ2v) is 7.90. The van der Waals surface area contributed by atoms with E-state index in [4.69, 9.17) is 0 Å². The first kappa shape index (κ1) is 14.7. The van der Waals surface area contributed by atoms with E-state index in [1.54, 1.807) is 16.7 Å². The van der Waals surface area contributed by atoms with E-state index in [2.05, 4.69) is 14.9 Å². The first-order valence-corrected chi connectivity index (χ1v) is 9.41. The number of aromatic nitrogens is 2. The van der Waals surface area contributed by atoms with Crippen LogP contribution in [0.15, 0.2) is 12.4 Å². The molecule has 116 valence electrons. The molecule has 2 aliphatic heterocycles. The zero-order valence-electron chi connectivity index (χ0n) is 12.4. The van der Waals surface area contributed by atoms with E-state index < -0.39 is 10.0 Å². The summed E-state index contributed by atoms with van der Waals surface area (Å²) in [5.74, 6) is 1.10. The molecule has 0 amide bonds. The highest BCUT2D eigenvalue weighted by molar-refractivity contribution is 7.88. The van der Waals surface area contributed by atoms with Crippen LogP contribution in [0.25, 0.3) is 0 Å². The number of hydrogen-bond acceptors (Lipinski definition) is 5. The van der Waals surface area contributed by atoms with Gasteiger partial charge >= 0.3 is 0 Å². The highest BCUT2D eigenvalue weighted by atomic mass is 32.2. The number of piperidine rings is 1. The quantitative estimate of drug-likeness (QED) is 0.840. The maximum Gasteiger partial charge on any atom is 0.211 e. The lowest BCUT2D eigenvalue weighted by Gasteiger charge is -2.32. The molecule has 0 unspecified atom stereocenters. The van der Waals surface area contributed by atoms with Crippen molar-refractivity contribution in [3.63, 3.8) is 0 Å². The minimum absolute atomic E-state index is 0.151. The van der Waals surface area contributed by atoms with E-state index in [-0.39, 0.29) is 5.92 Å². The number of sulfonamides is 1. The Bertz CT molecular complexity index is 599. The van der Waals surface area contributed by atoms with Gasteiger partial charge in [0.15, 0.2) is 5.82 Å². The highest BCUT2D eigenvalue weighted by Gasteiger charge is 2.30. The molecule has 1 aromatic heterocycles. The molecule has 0 N–H and O–H groups in total. The van der Waals surface area contributed by atoms with Crippen molar-refractivity contribution in [1.82, 2.24) is 14.3 Å². The molecule has 0 aliphatic carbocycles. The van der Waals surface area contributed by atoms with Crippen LogP contribution in [0.2, 0.25) is 0 Å². The number of nitrogens with zero attached hydrogens (tertiary/aromatic N) is 4. The molecule has 1 aromatic rings. The summed E-state index contributed by atoms with van der Waals surface area (Å²) in [6, 6.07) is 0. The minimum Gasteiger partial charge on any atom is -0.355 e. The van der Waals surface area contributed by atoms with Gasteiger partial charge in [0.2, 0.25) is 10.0 Å². The summed E-state index contributed by atoms with van der Waals surface area (Å²) < 4.78 is 25.1. The van der Waals surface area contributed by atoms with E-state index in [1.807, 2.05) is 0 Å². The predicted molar refractivity (Wildman–Crippen MR) is 81.9 cm³/mol. The Morgan fingerprint density at radius 3 is 2.52 bits per heavy atom. The van der Waals surface area contributed by atoms with Crippen LogP contribution in [0.3, 0.4) is 0 Å². The Balaban J connectivity index is 1.86. The summed E-state index contributed by atoms with van der Waals surface area (Å²) in [5, 5.41) is 0. The second kappa shape index (κ2) is 5.88. The standard InChI is InChI=1S/C14H22N4O2S/c1-21(19,20)18-10-4-5-12(11-18)13-14(16-7-6-15-13)17-8-2-3-9-17/h6-7,12H,2-5,8-11H2,1H3/t12-/m1/s1. The molecule has 2 saturated heterocycles. The SMILES string of the molecule is CS(=O)(=O)N1CCC[C@@H](c2nccnc2N2CCCC2)C1. The van der Waals surface area contributed by atoms with Crippen molar-refractivity contribution in [2.45, 2.75) is 31.6 Å². The van der Waals surface area contributed by atoms with Crippen molar-refractivity contribution in [1.29, 1.82) is 0 Å². The molecular formula is C14H22N4O2S. The average molecular weight is 310 g/mol. The molecule has 0 spiro atoms. The molecule has 2 aliphatic rings. The first-order valence-electron chi connectivity index (χ1n) is 7.56. The summed E-state index contributed by atoms with van der Waals surface area (Å²) in [5.41, 5.74) is 0.966. The monoisotopic (exact) mass is 310 g/mol. The van der Waals surface area contributed by atoms with Crippen molar-refractivity contribution in [3.8, 4) is 0 Å². The van der Waals surface area contributed by atoms with E-state index in [1.165, 1.54) is 19.1 Å². The number of anilines is 1. The zero-order valence-corrected chi connectivity index (χ0v) is 13.2. The van der Waals surface area contributed by atoms with Crippen LogP contribution in [0, 0.1) is 0 Å². The van der Waals surface area contributed by atoms with Crippen molar-refractivity contribution >= 4 is 15.8 Å². The third-order valence-electron chi connectivity index (χ3n) is 4.35. The maximum absolute atomic E-state index is 11.8. The van der Waals surface area contributed by atoms with E-state index >= 15 is 0 Å². The van der Waals surface area contributed by atoms with Gasteiger partial charge in [-0.2, -0.15) is 0 Å². The van der Waals surface area contributed by atoms with Crippen LogP contribution in [-0.4, -0.2) is 55.1 Å². The third-order valence-corrected chi connectivity index (χ3v) is 5.62. The molecular weight excluding hydrogens is 288 g/mol. The summed E-state index contributed by atoms with van der Waals surface area (Å²) in [4.78, 5) is 11.3. The number of rotatable bonds is 3. The molecule has 0 saturated carbocycles. The molecule has 0 aromatic carbocycles. The summed E-state index contributed by atoms with van der Waals surface area (Å²) in [6.45, 7) is 3.19. The fraction of sp³-hybridized carbons (Fsp3) is 0.714. The Morgan fingerprint density at radius 2 is 1.81 bits per heavy atom. The predicted octanol–water partition coefficient (Wildman–Crippen LogP) is 1.22. The minimum atomic E-state index is -3.13. The Hall–Kier alpha value is -1.21. The molecule has 0 radical (unpaired) electrons. The van der Waals surface area contributed by atoms with Gasteiger partial charge in [-0.05, 0) is 25.7 Å². The van der Waals surface area contributed by atoms with Crippen molar-refractivity contribution in [2.24, 2.45) is 0 Å². The van der Waals surface area contributed by atoms with Crippen molar-refractivity contribution in [3.05, 3.63) is 18.1 Å².